The molecule has 2 N–H and O–H groups in total. The van der Waals surface area contributed by atoms with Crippen LogP contribution in [0.3, 0.4) is 0 Å². The standard InChI is InChI=1S/C22H27FN2O3S/c1-4-28-22(27)20-16-10-9-13(2)11-18(16)29-21(20)25-19(26)12-24-14(3)15-7-5-6-8-17(15)23/h5-8,13-14,24H,4,9-12H2,1-3H3,(H,25,26). The second kappa shape index (κ2) is 9.50. The van der Waals surface area contributed by atoms with Crippen LogP contribution in [0.2, 0.25) is 0 Å². The van der Waals surface area contributed by atoms with Gasteiger partial charge in [0.25, 0.3) is 0 Å². The number of carbonyl (C=O) groups is 2. The van der Waals surface area contributed by atoms with Gasteiger partial charge in [0.05, 0.1) is 18.7 Å². The Labute approximate surface area is 174 Å². The molecule has 1 amide bonds. The lowest BCUT2D eigenvalue weighted by molar-refractivity contribution is -0.115. The second-order valence-electron chi connectivity index (χ2n) is 7.45. The molecule has 7 heteroatoms. The Kier molecular flexibility index (Phi) is 7.03. The molecule has 1 aliphatic carbocycles. The Bertz CT molecular complexity index is 896. The summed E-state index contributed by atoms with van der Waals surface area (Å²) in [5.41, 5.74) is 2.01. The second-order valence-corrected chi connectivity index (χ2v) is 8.55. The number of carbonyl (C=O) groups excluding carboxylic acids is 2. The van der Waals surface area contributed by atoms with E-state index in [9.17, 15) is 14.0 Å². The minimum Gasteiger partial charge on any atom is -0.462 e. The van der Waals surface area contributed by atoms with E-state index in [-0.39, 0.29) is 36.9 Å². The number of rotatable bonds is 7. The summed E-state index contributed by atoms with van der Waals surface area (Å²) in [5, 5.41) is 6.45. The van der Waals surface area contributed by atoms with Crippen LogP contribution in [-0.4, -0.2) is 25.0 Å². The first-order chi connectivity index (χ1) is 13.9. The van der Waals surface area contributed by atoms with Crippen LogP contribution in [0.4, 0.5) is 9.39 Å². The molecule has 3 rings (SSSR count). The maximum atomic E-state index is 13.9. The van der Waals surface area contributed by atoms with E-state index in [1.165, 1.54) is 17.4 Å². The van der Waals surface area contributed by atoms with Crippen molar-refractivity contribution in [1.82, 2.24) is 5.32 Å². The molecule has 2 aromatic rings. The van der Waals surface area contributed by atoms with Gasteiger partial charge in [0.15, 0.2) is 0 Å². The molecule has 0 aliphatic heterocycles. The van der Waals surface area contributed by atoms with Crippen LogP contribution in [-0.2, 0) is 22.4 Å². The topological polar surface area (TPSA) is 67.4 Å². The number of anilines is 1. The van der Waals surface area contributed by atoms with Crippen molar-refractivity contribution < 1.29 is 18.7 Å². The Morgan fingerprint density at radius 2 is 2.10 bits per heavy atom. The number of fused-ring (bicyclic) bond motifs is 1. The lowest BCUT2D eigenvalue weighted by atomic mass is 9.88. The van der Waals surface area contributed by atoms with Gasteiger partial charge >= 0.3 is 5.97 Å². The highest BCUT2D eigenvalue weighted by Crippen LogP contribution is 2.40. The zero-order valence-corrected chi connectivity index (χ0v) is 17.8. The van der Waals surface area contributed by atoms with E-state index in [0.717, 1.165) is 29.7 Å². The fraction of sp³-hybridized carbons (Fsp3) is 0.455. The van der Waals surface area contributed by atoms with Crippen LogP contribution >= 0.6 is 11.3 Å². The molecule has 1 aromatic heterocycles. The molecule has 0 spiro atoms. The van der Waals surface area contributed by atoms with Crippen LogP contribution in [0.1, 0.15) is 59.6 Å². The molecule has 0 fully saturated rings. The molecule has 1 aromatic carbocycles. The third-order valence-corrected chi connectivity index (χ3v) is 6.35. The largest absolute Gasteiger partial charge is 0.462 e. The number of amides is 1. The van der Waals surface area contributed by atoms with Gasteiger partial charge in [0.2, 0.25) is 5.91 Å². The summed E-state index contributed by atoms with van der Waals surface area (Å²) in [4.78, 5) is 26.2. The molecule has 5 nitrogen and oxygen atoms in total. The molecule has 156 valence electrons. The van der Waals surface area contributed by atoms with Crippen LogP contribution < -0.4 is 10.6 Å². The van der Waals surface area contributed by atoms with Crippen molar-refractivity contribution in [3.05, 3.63) is 51.7 Å². The molecule has 2 unspecified atom stereocenters. The van der Waals surface area contributed by atoms with E-state index in [4.69, 9.17) is 4.74 Å². The number of hydrogen-bond donors (Lipinski definition) is 2. The predicted octanol–water partition coefficient (Wildman–Crippen LogP) is 4.48. The van der Waals surface area contributed by atoms with Crippen molar-refractivity contribution in [1.29, 1.82) is 0 Å². The molecule has 1 aliphatic rings. The van der Waals surface area contributed by atoms with Gasteiger partial charge in [-0.2, -0.15) is 0 Å². The Hall–Kier alpha value is -2.25. The summed E-state index contributed by atoms with van der Waals surface area (Å²) >= 11 is 1.46. The predicted molar refractivity (Wildman–Crippen MR) is 113 cm³/mol. The Morgan fingerprint density at radius 1 is 1.34 bits per heavy atom. The van der Waals surface area contributed by atoms with Crippen molar-refractivity contribution in [3.8, 4) is 0 Å². The molecule has 29 heavy (non-hydrogen) atoms. The summed E-state index contributed by atoms with van der Waals surface area (Å²) < 4.78 is 19.1. The van der Waals surface area contributed by atoms with E-state index in [0.29, 0.717) is 22.0 Å². The molecular weight excluding hydrogens is 391 g/mol. The highest BCUT2D eigenvalue weighted by Gasteiger charge is 2.29. The van der Waals surface area contributed by atoms with E-state index < -0.39 is 0 Å². The smallest absolute Gasteiger partial charge is 0.341 e. The quantitative estimate of drug-likeness (QED) is 0.651. The number of nitrogens with one attached hydrogen (secondary N) is 2. The van der Waals surface area contributed by atoms with Crippen LogP contribution in [0.15, 0.2) is 24.3 Å². The third-order valence-electron chi connectivity index (χ3n) is 5.18. The molecule has 0 saturated carbocycles. The lowest BCUT2D eigenvalue weighted by Gasteiger charge is -2.18. The van der Waals surface area contributed by atoms with E-state index in [1.807, 2.05) is 0 Å². The van der Waals surface area contributed by atoms with Gasteiger partial charge in [-0.3, -0.25) is 4.79 Å². The van der Waals surface area contributed by atoms with Crippen LogP contribution in [0.25, 0.3) is 0 Å². The number of halogens is 1. The third kappa shape index (κ3) is 5.03. The average molecular weight is 419 g/mol. The van der Waals surface area contributed by atoms with Crippen LogP contribution in [0, 0.1) is 11.7 Å². The van der Waals surface area contributed by atoms with Gasteiger partial charge in [-0.25, -0.2) is 9.18 Å². The van der Waals surface area contributed by atoms with Gasteiger partial charge in [-0.15, -0.1) is 11.3 Å². The normalized spacial score (nSPS) is 16.8. The lowest BCUT2D eigenvalue weighted by Crippen LogP contribution is -2.30. The van der Waals surface area contributed by atoms with Gasteiger partial charge in [0, 0.05) is 16.5 Å². The average Bonchev–Trinajstić information content (AvgIpc) is 3.03. The number of thiophene rings is 1. The van der Waals surface area contributed by atoms with Gasteiger partial charge in [0.1, 0.15) is 10.8 Å². The summed E-state index contributed by atoms with van der Waals surface area (Å²) in [6.07, 6.45) is 2.75. The molecule has 1 heterocycles. The highest BCUT2D eigenvalue weighted by molar-refractivity contribution is 7.17. The summed E-state index contributed by atoms with van der Waals surface area (Å²) in [6.45, 7) is 6.07. The molecule has 2 atom stereocenters. The molecule has 0 radical (unpaired) electrons. The first kappa shape index (κ1) is 21.5. The van der Waals surface area contributed by atoms with Crippen molar-refractivity contribution in [2.45, 2.75) is 46.1 Å². The van der Waals surface area contributed by atoms with E-state index in [2.05, 4.69) is 17.6 Å². The zero-order valence-electron chi connectivity index (χ0n) is 17.0. The summed E-state index contributed by atoms with van der Waals surface area (Å²) in [5.74, 6) is -0.409. The Morgan fingerprint density at radius 3 is 2.83 bits per heavy atom. The maximum absolute atomic E-state index is 13.9. The number of esters is 1. The Balaban J connectivity index is 1.71. The van der Waals surface area contributed by atoms with Crippen molar-refractivity contribution in [2.75, 3.05) is 18.5 Å². The maximum Gasteiger partial charge on any atom is 0.341 e. The molecular formula is C22H27FN2O3S. The van der Waals surface area contributed by atoms with Crippen LogP contribution in [0.5, 0.6) is 0 Å². The minimum absolute atomic E-state index is 0.0107. The van der Waals surface area contributed by atoms with E-state index >= 15 is 0 Å². The van der Waals surface area contributed by atoms with Gasteiger partial charge in [-0.1, -0.05) is 25.1 Å². The van der Waals surface area contributed by atoms with E-state index in [1.54, 1.807) is 32.0 Å². The fourth-order valence-corrected chi connectivity index (χ4v) is 5.03. The number of hydrogen-bond acceptors (Lipinski definition) is 5. The minimum atomic E-state index is -0.387. The molecule has 0 saturated heterocycles. The monoisotopic (exact) mass is 418 g/mol. The first-order valence-corrected chi connectivity index (χ1v) is 10.8. The summed E-state index contributed by atoms with van der Waals surface area (Å²) in [6, 6.07) is 6.17. The van der Waals surface area contributed by atoms with Crippen molar-refractivity contribution >= 4 is 28.2 Å². The first-order valence-electron chi connectivity index (χ1n) is 10.00. The SMILES string of the molecule is CCOC(=O)c1c(NC(=O)CNC(C)c2ccccc2F)sc2c1CCC(C)C2. The fourth-order valence-electron chi connectivity index (χ4n) is 3.61. The zero-order chi connectivity index (χ0) is 21.0. The number of ether oxygens (including phenoxy) is 1. The highest BCUT2D eigenvalue weighted by atomic mass is 32.1. The number of benzene rings is 1. The van der Waals surface area contributed by atoms with Crippen molar-refractivity contribution in [2.24, 2.45) is 5.92 Å². The molecule has 0 bridgehead atoms. The van der Waals surface area contributed by atoms with Crippen molar-refractivity contribution in [3.63, 3.8) is 0 Å². The van der Waals surface area contributed by atoms with Gasteiger partial charge in [-0.05, 0) is 50.7 Å². The summed E-state index contributed by atoms with van der Waals surface area (Å²) in [7, 11) is 0. The van der Waals surface area contributed by atoms with Gasteiger partial charge < -0.3 is 15.4 Å².